The molecule has 0 aliphatic heterocycles. The number of nitrogens with one attached hydrogen (secondary N) is 1. The van der Waals surface area contributed by atoms with Gasteiger partial charge < -0.3 is 15.8 Å². The standard InChI is InChI=1S/C22H16ClFN2O3/c23-17-7-4-8-18(24)20(17)29-16-11-9-14(10-12-16)13-19(21(25)27)26-22(28)15-5-2-1-3-6-15/h1-13H,(H2,25,27)(H,26,28)/b19-13-. The van der Waals surface area contributed by atoms with Gasteiger partial charge in [-0.25, -0.2) is 4.39 Å². The number of ether oxygens (including phenoxy) is 1. The molecule has 0 bridgehead atoms. The maximum atomic E-state index is 13.8. The molecule has 0 heterocycles. The first-order valence-corrected chi connectivity index (χ1v) is 8.91. The first-order valence-electron chi connectivity index (χ1n) is 8.54. The molecule has 3 aromatic rings. The van der Waals surface area contributed by atoms with Gasteiger partial charge in [0.05, 0.1) is 5.02 Å². The average molecular weight is 411 g/mol. The summed E-state index contributed by atoms with van der Waals surface area (Å²) in [5.74, 6) is -1.55. The third kappa shape index (κ3) is 5.21. The first-order chi connectivity index (χ1) is 13.9. The molecular formula is C22H16ClFN2O3. The summed E-state index contributed by atoms with van der Waals surface area (Å²) in [6.07, 6.45) is 1.43. The van der Waals surface area contributed by atoms with Crippen molar-refractivity contribution in [1.82, 2.24) is 5.32 Å². The highest BCUT2D eigenvalue weighted by molar-refractivity contribution is 6.32. The third-order valence-electron chi connectivity index (χ3n) is 3.88. The Bertz CT molecular complexity index is 1050. The molecule has 0 aliphatic carbocycles. The van der Waals surface area contributed by atoms with Crippen molar-refractivity contribution in [3.63, 3.8) is 0 Å². The largest absolute Gasteiger partial charge is 0.453 e. The molecule has 2 amide bonds. The highest BCUT2D eigenvalue weighted by Gasteiger charge is 2.12. The van der Waals surface area contributed by atoms with Crippen molar-refractivity contribution >= 4 is 29.5 Å². The average Bonchev–Trinajstić information content (AvgIpc) is 2.72. The van der Waals surface area contributed by atoms with Crippen molar-refractivity contribution in [3.8, 4) is 11.5 Å². The normalized spacial score (nSPS) is 11.0. The second-order valence-corrected chi connectivity index (χ2v) is 6.37. The zero-order chi connectivity index (χ0) is 20.8. The lowest BCUT2D eigenvalue weighted by atomic mass is 10.1. The number of carbonyl (C=O) groups is 2. The fourth-order valence-corrected chi connectivity index (χ4v) is 2.65. The van der Waals surface area contributed by atoms with Crippen LogP contribution in [0.25, 0.3) is 6.08 Å². The molecule has 0 atom stereocenters. The molecule has 5 nitrogen and oxygen atoms in total. The summed E-state index contributed by atoms with van der Waals surface area (Å²) in [5.41, 5.74) is 6.28. The fourth-order valence-electron chi connectivity index (χ4n) is 2.45. The summed E-state index contributed by atoms with van der Waals surface area (Å²) in [5, 5.41) is 2.65. The van der Waals surface area contributed by atoms with Gasteiger partial charge in [-0.15, -0.1) is 0 Å². The van der Waals surface area contributed by atoms with E-state index < -0.39 is 17.6 Å². The van der Waals surface area contributed by atoms with E-state index in [1.165, 1.54) is 24.3 Å². The lowest BCUT2D eigenvalue weighted by molar-refractivity contribution is -0.114. The van der Waals surface area contributed by atoms with Crippen molar-refractivity contribution in [2.24, 2.45) is 5.73 Å². The highest BCUT2D eigenvalue weighted by atomic mass is 35.5. The Labute approximate surface area is 171 Å². The van der Waals surface area contributed by atoms with E-state index in [0.29, 0.717) is 16.9 Å². The van der Waals surface area contributed by atoms with Gasteiger partial charge >= 0.3 is 0 Å². The summed E-state index contributed by atoms with van der Waals surface area (Å²) in [7, 11) is 0. The molecule has 0 aliphatic rings. The Hall–Kier alpha value is -3.64. The second kappa shape index (κ2) is 9.03. The van der Waals surface area contributed by atoms with Crippen LogP contribution in [-0.2, 0) is 4.79 Å². The summed E-state index contributed by atoms with van der Waals surface area (Å²) in [6.45, 7) is 0. The van der Waals surface area contributed by atoms with Crippen LogP contribution in [0.15, 0.2) is 78.5 Å². The van der Waals surface area contributed by atoms with Gasteiger partial charge in [-0.2, -0.15) is 0 Å². The van der Waals surface area contributed by atoms with Crippen LogP contribution in [0.1, 0.15) is 15.9 Å². The molecule has 3 aromatic carbocycles. The van der Waals surface area contributed by atoms with Crippen LogP contribution in [-0.4, -0.2) is 11.8 Å². The Morgan fingerprint density at radius 3 is 2.28 bits per heavy atom. The van der Waals surface area contributed by atoms with Crippen LogP contribution in [0.4, 0.5) is 4.39 Å². The SMILES string of the molecule is NC(=O)/C(=C/c1ccc(Oc2c(F)cccc2Cl)cc1)NC(=O)c1ccccc1. The third-order valence-corrected chi connectivity index (χ3v) is 4.18. The van der Waals surface area contributed by atoms with Gasteiger partial charge in [-0.1, -0.05) is 48.0 Å². The van der Waals surface area contributed by atoms with E-state index in [-0.39, 0.29) is 16.5 Å². The number of nitrogens with two attached hydrogens (primary N) is 1. The molecule has 0 saturated carbocycles. The molecule has 0 aromatic heterocycles. The zero-order valence-corrected chi connectivity index (χ0v) is 15.8. The van der Waals surface area contributed by atoms with Crippen molar-refractivity contribution in [2.75, 3.05) is 0 Å². The van der Waals surface area contributed by atoms with Crippen molar-refractivity contribution in [3.05, 3.63) is 100 Å². The number of halogens is 2. The van der Waals surface area contributed by atoms with Crippen molar-refractivity contribution in [1.29, 1.82) is 0 Å². The van der Waals surface area contributed by atoms with E-state index in [1.54, 1.807) is 54.6 Å². The van der Waals surface area contributed by atoms with Gasteiger partial charge in [0.2, 0.25) is 0 Å². The summed E-state index contributed by atoms with van der Waals surface area (Å²) < 4.78 is 19.3. The molecule has 0 spiro atoms. The smallest absolute Gasteiger partial charge is 0.265 e. The minimum atomic E-state index is -0.784. The molecule has 29 heavy (non-hydrogen) atoms. The minimum absolute atomic E-state index is 0.0651. The Balaban J connectivity index is 1.77. The van der Waals surface area contributed by atoms with E-state index in [1.807, 2.05) is 0 Å². The molecule has 146 valence electrons. The summed E-state index contributed by atoms with van der Waals surface area (Å²) >= 11 is 5.95. The lowest BCUT2D eigenvalue weighted by Gasteiger charge is -2.09. The molecule has 7 heteroatoms. The van der Waals surface area contributed by atoms with Crippen LogP contribution >= 0.6 is 11.6 Å². The Kier molecular flexibility index (Phi) is 6.26. The molecule has 0 unspecified atom stereocenters. The molecule has 0 fully saturated rings. The number of benzene rings is 3. The van der Waals surface area contributed by atoms with E-state index in [9.17, 15) is 14.0 Å². The van der Waals surface area contributed by atoms with Gasteiger partial charge in [0.15, 0.2) is 11.6 Å². The van der Waals surface area contributed by atoms with Crippen LogP contribution in [0.3, 0.4) is 0 Å². The van der Waals surface area contributed by atoms with E-state index in [0.717, 1.165) is 0 Å². The zero-order valence-electron chi connectivity index (χ0n) is 15.1. The quantitative estimate of drug-likeness (QED) is 0.586. The molecule has 3 N–H and O–H groups in total. The predicted molar refractivity (Wildman–Crippen MR) is 109 cm³/mol. The van der Waals surface area contributed by atoms with Crippen LogP contribution in [0.5, 0.6) is 11.5 Å². The Morgan fingerprint density at radius 1 is 0.966 bits per heavy atom. The highest BCUT2D eigenvalue weighted by Crippen LogP contribution is 2.32. The van der Waals surface area contributed by atoms with Gasteiger partial charge in [0.1, 0.15) is 11.4 Å². The van der Waals surface area contributed by atoms with Crippen molar-refractivity contribution in [2.45, 2.75) is 0 Å². The number of amides is 2. The maximum Gasteiger partial charge on any atom is 0.265 e. The van der Waals surface area contributed by atoms with Gasteiger partial charge in [0, 0.05) is 5.56 Å². The topological polar surface area (TPSA) is 81.4 Å². The fraction of sp³-hybridized carbons (Fsp3) is 0. The van der Waals surface area contributed by atoms with Crippen molar-refractivity contribution < 1.29 is 18.7 Å². The summed E-state index contributed by atoms with van der Waals surface area (Å²) in [4.78, 5) is 24.0. The van der Waals surface area contributed by atoms with E-state index in [2.05, 4.69) is 5.32 Å². The predicted octanol–water partition coefficient (Wildman–Crippen LogP) is 4.53. The molecular weight excluding hydrogens is 395 g/mol. The number of hydrogen-bond donors (Lipinski definition) is 2. The van der Waals surface area contributed by atoms with Crippen LogP contribution < -0.4 is 15.8 Å². The monoisotopic (exact) mass is 410 g/mol. The second-order valence-electron chi connectivity index (χ2n) is 5.96. The van der Waals surface area contributed by atoms with Crippen LogP contribution in [0, 0.1) is 5.82 Å². The van der Waals surface area contributed by atoms with Gasteiger partial charge in [-0.05, 0) is 48.0 Å². The van der Waals surface area contributed by atoms with E-state index >= 15 is 0 Å². The minimum Gasteiger partial charge on any atom is -0.453 e. The van der Waals surface area contributed by atoms with Gasteiger partial charge in [-0.3, -0.25) is 9.59 Å². The Morgan fingerprint density at radius 2 is 1.66 bits per heavy atom. The molecule has 0 radical (unpaired) electrons. The lowest BCUT2D eigenvalue weighted by Crippen LogP contribution is -2.31. The summed E-state index contributed by atoms with van der Waals surface area (Å²) in [6, 6.07) is 19.1. The van der Waals surface area contributed by atoms with Crippen LogP contribution in [0.2, 0.25) is 5.02 Å². The number of para-hydroxylation sites is 1. The van der Waals surface area contributed by atoms with E-state index in [4.69, 9.17) is 22.1 Å². The number of primary amides is 1. The van der Waals surface area contributed by atoms with Gasteiger partial charge in [0.25, 0.3) is 11.8 Å². The first kappa shape index (κ1) is 20.1. The number of carbonyl (C=O) groups excluding carboxylic acids is 2. The molecule has 3 rings (SSSR count). The number of hydrogen-bond acceptors (Lipinski definition) is 3. The maximum absolute atomic E-state index is 13.8. The molecule has 0 saturated heterocycles. The number of rotatable bonds is 6.